The Bertz CT molecular complexity index is 1140. The van der Waals surface area contributed by atoms with Crippen LogP contribution in [0.25, 0.3) is 17.3 Å². The lowest BCUT2D eigenvalue weighted by Gasteiger charge is -2.17. The van der Waals surface area contributed by atoms with Crippen LogP contribution in [0.4, 0.5) is 10.3 Å². The summed E-state index contributed by atoms with van der Waals surface area (Å²) in [5.41, 5.74) is 0.631. The van der Waals surface area contributed by atoms with Gasteiger partial charge in [-0.3, -0.25) is 9.29 Å². The molecule has 1 atom stereocenters. The predicted octanol–water partition coefficient (Wildman–Crippen LogP) is 4.16. The zero-order chi connectivity index (χ0) is 22.5. The van der Waals surface area contributed by atoms with Gasteiger partial charge in [-0.15, -0.1) is 10.2 Å². The van der Waals surface area contributed by atoms with E-state index in [4.69, 9.17) is 13.9 Å². The second-order valence-corrected chi connectivity index (χ2v) is 7.97. The van der Waals surface area contributed by atoms with E-state index < -0.39 is 5.82 Å². The summed E-state index contributed by atoms with van der Waals surface area (Å²) in [7, 11) is 3.17. The fourth-order valence-electron chi connectivity index (χ4n) is 3.08. The fourth-order valence-corrected chi connectivity index (χ4v) is 3.75. The van der Waals surface area contributed by atoms with Crippen LogP contribution in [0.1, 0.15) is 12.7 Å². The van der Waals surface area contributed by atoms with Gasteiger partial charge in [-0.05, 0) is 36.2 Å². The number of ether oxygens (including phenoxy) is 2. The summed E-state index contributed by atoms with van der Waals surface area (Å²) in [5, 5.41) is 8.70. The molecule has 0 bridgehead atoms. The first-order valence-corrected chi connectivity index (χ1v) is 10.6. The molecule has 32 heavy (non-hydrogen) atoms. The summed E-state index contributed by atoms with van der Waals surface area (Å²) in [6, 6.07) is 9.07. The standard InChI is InChI=1S/C21H21FN6O3S/c1-13(10-18-23-11-14(22)12-24-18)32-27-21-26-25-20(17-8-5-9-31-17)28(21)19-15(29-2)6-4-7-16(19)30-3/h4-9,11-13H,10H2,1-3H3,(H,26,27). The quantitative estimate of drug-likeness (QED) is 0.372. The van der Waals surface area contributed by atoms with Gasteiger partial charge in [0.05, 0.1) is 32.9 Å². The second-order valence-electron chi connectivity index (χ2n) is 6.72. The topological polar surface area (TPSA) is 100 Å². The molecule has 0 aliphatic carbocycles. The van der Waals surface area contributed by atoms with Crippen LogP contribution in [-0.4, -0.2) is 44.2 Å². The van der Waals surface area contributed by atoms with Crippen molar-refractivity contribution in [2.24, 2.45) is 0 Å². The zero-order valence-electron chi connectivity index (χ0n) is 17.7. The van der Waals surface area contributed by atoms with Crippen molar-refractivity contribution in [2.45, 2.75) is 18.6 Å². The highest BCUT2D eigenvalue weighted by Crippen LogP contribution is 2.38. The van der Waals surface area contributed by atoms with E-state index in [1.807, 2.05) is 25.1 Å². The average Bonchev–Trinajstić information content (AvgIpc) is 3.48. The Balaban J connectivity index is 1.66. The van der Waals surface area contributed by atoms with Crippen LogP contribution in [0, 0.1) is 5.82 Å². The van der Waals surface area contributed by atoms with E-state index >= 15 is 0 Å². The fraction of sp³-hybridized carbons (Fsp3) is 0.238. The predicted molar refractivity (Wildman–Crippen MR) is 119 cm³/mol. The van der Waals surface area contributed by atoms with Crippen LogP contribution in [-0.2, 0) is 6.42 Å². The molecule has 0 spiro atoms. The summed E-state index contributed by atoms with van der Waals surface area (Å²) in [4.78, 5) is 8.03. The molecule has 1 aromatic carbocycles. The minimum Gasteiger partial charge on any atom is -0.494 e. The first-order chi connectivity index (χ1) is 15.6. The third kappa shape index (κ3) is 4.52. The Kier molecular flexibility index (Phi) is 6.55. The van der Waals surface area contributed by atoms with Gasteiger partial charge in [0, 0.05) is 11.7 Å². The van der Waals surface area contributed by atoms with Gasteiger partial charge in [-0.25, -0.2) is 14.4 Å². The SMILES string of the molecule is COc1cccc(OC)c1-n1c(NSC(C)Cc2ncc(F)cn2)nnc1-c1ccco1. The van der Waals surface area contributed by atoms with Gasteiger partial charge < -0.3 is 13.9 Å². The van der Waals surface area contributed by atoms with Crippen LogP contribution in [0.15, 0.2) is 53.4 Å². The van der Waals surface area contributed by atoms with Gasteiger partial charge in [0.25, 0.3) is 0 Å². The monoisotopic (exact) mass is 456 g/mol. The van der Waals surface area contributed by atoms with Crippen molar-refractivity contribution in [3.05, 3.63) is 60.6 Å². The summed E-state index contributed by atoms with van der Waals surface area (Å²) in [6.07, 6.45) is 4.43. The summed E-state index contributed by atoms with van der Waals surface area (Å²) >= 11 is 1.42. The third-order valence-corrected chi connectivity index (χ3v) is 5.39. The lowest BCUT2D eigenvalue weighted by atomic mass is 10.2. The van der Waals surface area contributed by atoms with E-state index in [2.05, 4.69) is 24.9 Å². The molecule has 166 valence electrons. The van der Waals surface area contributed by atoms with Crippen LogP contribution >= 0.6 is 11.9 Å². The third-order valence-electron chi connectivity index (χ3n) is 4.53. The van der Waals surface area contributed by atoms with Crippen LogP contribution in [0.3, 0.4) is 0 Å². The van der Waals surface area contributed by atoms with Crippen molar-refractivity contribution in [1.82, 2.24) is 24.7 Å². The molecule has 1 N–H and O–H groups in total. The maximum atomic E-state index is 13.1. The van der Waals surface area contributed by atoms with Crippen LogP contribution in [0.5, 0.6) is 11.5 Å². The van der Waals surface area contributed by atoms with E-state index in [0.29, 0.717) is 47.0 Å². The normalized spacial score (nSPS) is 11.9. The number of anilines is 1. The Morgan fingerprint density at radius 3 is 2.44 bits per heavy atom. The number of furan rings is 1. The van der Waals surface area contributed by atoms with Gasteiger partial charge in [-0.2, -0.15) is 0 Å². The maximum Gasteiger partial charge on any atom is 0.239 e. The van der Waals surface area contributed by atoms with E-state index in [-0.39, 0.29) is 5.25 Å². The maximum absolute atomic E-state index is 13.1. The number of rotatable bonds is 9. The van der Waals surface area contributed by atoms with Crippen molar-refractivity contribution in [3.63, 3.8) is 0 Å². The van der Waals surface area contributed by atoms with E-state index in [1.165, 1.54) is 11.9 Å². The van der Waals surface area contributed by atoms with Gasteiger partial charge >= 0.3 is 0 Å². The molecule has 1 unspecified atom stereocenters. The van der Waals surface area contributed by atoms with Crippen molar-refractivity contribution in [1.29, 1.82) is 0 Å². The van der Waals surface area contributed by atoms with Crippen LogP contribution < -0.4 is 14.2 Å². The number of benzene rings is 1. The molecule has 3 aromatic heterocycles. The first kappa shape index (κ1) is 21.6. The highest BCUT2D eigenvalue weighted by molar-refractivity contribution is 8.01. The van der Waals surface area contributed by atoms with Crippen LogP contribution in [0.2, 0.25) is 0 Å². The lowest BCUT2D eigenvalue weighted by molar-refractivity contribution is 0.391. The number of hydrogen-bond donors (Lipinski definition) is 1. The number of nitrogens with zero attached hydrogens (tertiary/aromatic N) is 5. The van der Waals surface area contributed by atoms with E-state index in [1.54, 1.807) is 37.2 Å². The molecular formula is C21H21FN6O3S. The molecule has 9 nitrogen and oxygen atoms in total. The summed E-state index contributed by atoms with van der Waals surface area (Å²) in [6.45, 7) is 2.00. The zero-order valence-corrected chi connectivity index (χ0v) is 18.5. The molecule has 0 fully saturated rings. The lowest BCUT2D eigenvalue weighted by Crippen LogP contribution is -2.11. The molecule has 11 heteroatoms. The molecule has 0 saturated heterocycles. The first-order valence-electron chi connectivity index (χ1n) is 9.69. The number of nitrogens with one attached hydrogen (secondary N) is 1. The summed E-state index contributed by atoms with van der Waals surface area (Å²) in [5.74, 6) is 2.73. The van der Waals surface area contributed by atoms with Gasteiger partial charge in [0.2, 0.25) is 11.8 Å². The molecule has 4 aromatic rings. The van der Waals surface area contributed by atoms with Crippen molar-refractivity contribution >= 4 is 17.9 Å². The molecule has 3 heterocycles. The summed E-state index contributed by atoms with van der Waals surface area (Å²) < 4.78 is 34.8. The number of aromatic nitrogens is 5. The van der Waals surface area contributed by atoms with Crippen molar-refractivity contribution < 1.29 is 18.3 Å². The number of halogens is 1. The Morgan fingerprint density at radius 2 is 1.81 bits per heavy atom. The van der Waals surface area contributed by atoms with Gasteiger partial charge in [0.1, 0.15) is 23.0 Å². The van der Waals surface area contributed by atoms with Crippen molar-refractivity contribution in [3.8, 4) is 28.8 Å². The minimum absolute atomic E-state index is 0.0530. The molecule has 0 radical (unpaired) electrons. The minimum atomic E-state index is -0.462. The molecule has 0 aliphatic heterocycles. The van der Waals surface area contributed by atoms with Crippen molar-refractivity contribution in [2.75, 3.05) is 18.9 Å². The molecule has 0 saturated carbocycles. The number of para-hydroxylation sites is 1. The molecule has 4 rings (SSSR count). The molecule has 0 aliphatic rings. The Morgan fingerprint density at radius 1 is 1.09 bits per heavy atom. The Hall–Kier alpha value is -3.60. The van der Waals surface area contributed by atoms with E-state index in [9.17, 15) is 4.39 Å². The largest absolute Gasteiger partial charge is 0.494 e. The van der Waals surface area contributed by atoms with E-state index in [0.717, 1.165) is 12.4 Å². The smallest absolute Gasteiger partial charge is 0.239 e. The molecule has 0 amide bonds. The highest BCUT2D eigenvalue weighted by atomic mass is 32.2. The van der Waals surface area contributed by atoms with Gasteiger partial charge in [0.15, 0.2) is 11.6 Å². The molecular weight excluding hydrogens is 435 g/mol. The Labute approximate surface area is 188 Å². The van der Waals surface area contributed by atoms with Gasteiger partial charge in [-0.1, -0.05) is 13.0 Å². The number of methoxy groups -OCH3 is 2. The average molecular weight is 457 g/mol. The second kappa shape index (κ2) is 9.69. The number of hydrogen-bond acceptors (Lipinski definition) is 9. The highest BCUT2D eigenvalue weighted by Gasteiger charge is 2.24.